The van der Waals surface area contributed by atoms with Crippen molar-refractivity contribution >= 4 is 35.5 Å². The van der Waals surface area contributed by atoms with Crippen LogP contribution >= 0.6 is 12.4 Å². The van der Waals surface area contributed by atoms with E-state index in [2.05, 4.69) is 4.98 Å². The molecule has 4 aromatic rings. The summed E-state index contributed by atoms with van der Waals surface area (Å²) >= 11 is 0. The zero-order valence-corrected chi connectivity index (χ0v) is 21.0. The fourth-order valence-electron chi connectivity index (χ4n) is 3.72. The third-order valence-electron chi connectivity index (χ3n) is 5.64. The first-order valence-electron chi connectivity index (χ1n) is 11.3. The number of carbonyl (C=O) groups is 1. The zero-order valence-electron chi connectivity index (χ0n) is 20.2. The number of aromatic nitrogens is 2. The van der Waals surface area contributed by atoms with Crippen LogP contribution < -0.4 is 14.2 Å². The van der Waals surface area contributed by atoms with Gasteiger partial charge in [0.15, 0.2) is 0 Å². The molecule has 1 N–H and O–H groups in total. The largest absolute Gasteiger partial charge is 0.497 e. The van der Waals surface area contributed by atoms with Crippen molar-refractivity contribution in [3.05, 3.63) is 89.8 Å². The van der Waals surface area contributed by atoms with Crippen molar-refractivity contribution in [2.24, 2.45) is 7.05 Å². The first-order chi connectivity index (χ1) is 17.0. The SMILES string of the molecule is COc1ccc2nc(COc3ccc(CCC(=O)O)c(OCC=Cc4ccccc4)c3)n(C)c2c1.Cl. The number of benzene rings is 3. The summed E-state index contributed by atoms with van der Waals surface area (Å²) in [6, 6.07) is 21.2. The lowest BCUT2D eigenvalue weighted by Gasteiger charge is -2.13. The molecule has 36 heavy (non-hydrogen) atoms. The number of ether oxygens (including phenoxy) is 3. The van der Waals surface area contributed by atoms with Crippen molar-refractivity contribution in [1.82, 2.24) is 9.55 Å². The maximum atomic E-state index is 11.1. The highest BCUT2D eigenvalue weighted by atomic mass is 35.5. The fraction of sp³-hybridized carbons (Fsp3) is 0.214. The maximum Gasteiger partial charge on any atom is 0.303 e. The summed E-state index contributed by atoms with van der Waals surface area (Å²) < 4.78 is 19.3. The van der Waals surface area contributed by atoms with E-state index in [9.17, 15) is 4.79 Å². The Kier molecular flexibility index (Phi) is 9.36. The lowest BCUT2D eigenvalue weighted by Crippen LogP contribution is -2.05. The molecule has 0 unspecified atom stereocenters. The normalized spacial score (nSPS) is 10.8. The second kappa shape index (κ2) is 12.7. The van der Waals surface area contributed by atoms with Gasteiger partial charge in [0.1, 0.15) is 36.3 Å². The van der Waals surface area contributed by atoms with E-state index in [1.165, 1.54) is 0 Å². The molecule has 0 fully saturated rings. The van der Waals surface area contributed by atoms with Crippen LogP contribution in [0.15, 0.2) is 72.8 Å². The van der Waals surface area contributed by atoms with Gasteiger partial charge in [0, 0.05) is 25.6 Å². The molecular weight excluding hydrogens is 480 g/mol. The van der Waals surface area contributed by atoms with Crippen LogP contribution in [0.4, 0.5) is 0 Å². The molecule has 188 valence electrons. The molecule has 0 saturated heterocycles. The Morgan fingerprint density at radius 3 is 2.56 bits per heavy atom. The van der Waals surface area contributed by atoms with Crippen molar-refractivity contribution in [3.8, 4) is 17.2 Å². The van der Waals surface area contributed by atoms with Gasteiger partial charge in [-0.3, -0.25) is 4.79 Å². The molecule has 0 saturated carbocycles. The number of methoxy groups -OCH3 is 1. The number of hydrogen-bond acceptors (Lipinski definition) is 5. The van der Waals surface area contributed by atoms with E-state index in [-0.39, 0.29) is 25.4 Å². The minimum absolute atomic E-state index is 0. The lowest BCUT2D eigenvalue weighted by molar-refractivity contribution is -0.136. The van der Waals surface area contributed by atoms with Gasteiger partial charge < -0.3 is 23.9 Å². The summed E-state index contributed by atoms with van der Waals surface area (Å²) in [5.74, 6) is 1.93. The van der Waals surface area contributed by atoms with E-state index in [4.69, 9.17) is 19.3 Å². The molecule has 0 radical (unpaired) electrons. The van der Waals surface area contributed by atoms with E-state index in [1.54, 1.807) is 13.2 Å². The number of halogens is 1. The highest BCUT2D eigenvalue weighted by molar-refractivity contribution is 5.85. The van der Waals surface area contributed by atoms with Crippen LogP contribution in [0, 0.1) is 0 Å². The minimum atomic E-state index is -0.848. The Labute approximate surface area is 216 Å². The second-order valence-electron chi connectivity index (χ2n) is 8.02. The van der Waals surface area contributed by atoms with E-state index >= 15 is 0 Å². The molecule has 0 spiro atoms. The Morgan fingerprint density at radius 2 is 1.81 bits per heavy atom. The molecule has 0 bridgehead atoms. The van der Waals surface area contributed by atoms with Gasteiger partial charge in [0.2, 0.25) is 0 Å². The van der Waals surface area contributed by atoms with Crippen LogP contribution in [-0.2, 0) is 24.9 Å². The van der Waals surface area contributed by atoms with E-state index in [1.807, 2.05) is 84.4 Å². The summed E-state index contributed by atoms with van der Waals surface area (Å²) in [5.41, 5.74) is 3.73. The van der Waals surface area contributed by atoms with Crippen LogP contribution in [0.2, 0.25) is 0 Å². The van der Waals surface area contributed by atoms with Crippen molar-refractivity contribution in [2.45, 2.75) is 19.4 Å². The highest BCUT2D eigenvalue weighted by Gasteiger charge is 2.12. The molecule has 0 amide bonds. The van der Waals surface area contributed by atoms with Gasteiger partial charge in [-0.1, -0.05) is 42.5 Å². The van der Waals surface area contributed by atoms with Crippen LogP contribution in [-0.4, -0.2) is 34.3 Å². The number of aliphatic carboxylic acids is 1. The fourth-order valence-corrected chi connectivity index (χ4v) is 3.72. The van der Waals surface area contributed by atoms with Crippen LogP contribution in [0.1, 0.15) is 23.4 Å². The van der Waals surface area contributed by atoms with Gasteiger partial charge in [0.25, 0.3) is 0 Å². The maximum absolute atomic E-state index is 11.1. The van der Waals surface area contributed by atoms with Gasteiger partial charge in [0.05, 0.1) is 18.1 Å². The number of aryl methyl sites for hydroxylation is 2. The van der Waals surface area contributed by atoms with E-state index < -0.39 is 5.97 Å². The quantitative estimate of drug-likeness (QED) is 0.280. The standard InChI is InChI=1S/C28H28N2O5.ClH/c1-30-25-17-22(33-2)13-14-24(25)29-27(30)19-35-23-12-10-21(11-15-28(31)32)26(18-23)34-16-6-9-20-7-4-3-5-8-20;/h3-10,12-14,17-18H,11,15-16,19H2,1-2H3,(H,31,32);1H. The molecular formula is C28H29ClN2O5. The van der Waals surface area contributed by atoms with Crippen LogP contribution in [0.25, 0.3) is 17.1 Å². The van der Waals surface area contributed by atoms with Gasteiger partial charge in [-0.2, -0.15) is 0 Å². The topological polar surface area (TPSA) is 82.8 Å². The monoisotopic (exact) mass is 508 g/mol. The number of nitrogens with zero attached hydrogens (tertiary/aromatic N) is 2. The molecule has 0 aliphatic heterocycles. The van der Waals surface area contributed by atoms with Crippen molar-refractivity contribution in [3.63, 3.8) is 0 Å². The number of carboxylic acid groups (broad SMARTS) is 1. The number of imidazole rings is 1. The van der Waals surface area contributed by atoms with Gasteiger partial charge in [-0.15, -0.1) is 12.4 Å². The number of rotatable bonds is 11. The molecule has 7 nitrogen and oxygen atoms in total. The van der Waals surface area contributed by atoms with Gasteiger partial charge in [-0.05, 0) is 41.8 Å². The molecule has 3 aromatic carbocycles. The summed E-state index contributed by atoms with van der Waals surface area (Å²) in [4.78, 5) is 15.7. The predicted molar refractivity (Wildman–Crippen MR) is 142 cm³/mol. The van der Waals surface area contributed by atoms with E-state index in [0.717, 1.165) is 33.7 Å². The van der Waals surface area contributed by atoms with Crippen molar-refractivity contribution in [2.75, 3.05) is 13.7 Å². The Bertz CT molecular complexity index is 1330. The van der Waals surface area contributed by atoms with Crippen molar-refractivity contribution < 1.29 is 24.1 Å². The molecule has 0 aliphatic carbocycles. The van der Waals surface area contributed by atoms with E-state index in [0.29, 0.717) is 24.5 Å². The molecule has 4 rings (SSSR count). The summed E-state index contributed by atoms with van der Waals surface area (Å²) in [5, 5.41) is 9.10. The van der Waals surface area contributed by atoms with Crippen LogP contribution in [0.5, 0.6) is 17.2 Å². The summed E-state index contributed by atoms with van der Waals surface area (Å²) in [6.45, 7) is 0.625. The minimum Gasteiger partial charge on any atom is -0.497 e. The highest BCUT2D eigenvalue weighted by Crippen LogP contribution is 2.28. The predicted octanol–water partition coefficient (Wildman–Crippen LogP) is 5.69. The first-order valence-corrected chi connectivity index (χ1v) is 11.3. The molecule has 1 heterocycles. The first kappa shape index (κ1) is 26.6. The van der Waals surface area contributed by atoms with Crippen molar-refractivity contribution in [1.29, 1.82) is 0 Å². The number of hydrogen-bond donors (Lipinski definition) is 1. The second-order valence-corrected chi connectivity index (χ2v) is 8.02. The lowest BCUT2D eigenvalue weighted by atomic mass is 10.1. The molecule has 8 heteroatoms. The molecule has 0 aliphatic rings. The number of carboxylic acids is 1. The third-order valence-corrected chi connectivity index (χ3v) is 5.64. The smallest absolute Gasteiger partial charge is 0.303 e. The summed E-state index contributed by atoms with van der Waals surface area (Å²) in [6.07, 6.45) is 4.31. The van der Waals surface area contributed by atoms with Gasteiger partial charge >= 0.3 is 5.97 Å². The third kappa shape index (κ3) is 6.79. The summed E-state index contributed by atoms with van der Waals surface area (Å²) in [7, 11) is 3.58. The van der Waals surface area contributed by atoms with Gasteiger partial charge in [-0.25, -0.2) is 4.98 Å². The number of fused-ring (bicyclic) bond motifs is 1. The Morgan fingerprint density at radius 1 is 1.03 bits per heavy atom. The average Bonchev–Trinajstić information content (AvgIpc) is 3.19. The Balaban J connectivity index is 0.00000361. The molecule has 1 aromatic heterocycles. The Hall–Kier alpha value is -3.97. The van der Waals surface area contributed by atoms with Crippen LogP contribution in [0.3, 0.4) is 0 Å². The molecule has 0 atom stereocenters. The zero-order chi connectivity index (χ0) is 24.6. The average molecular weight is 509 g/mol.